The largest absolute Gasteiger partial charge is 0.550 e. The van der Waals surface area contributed by atoms with Crippen LogP contribution in [0.2, 0.25) is 0 Å². The standard InChI is InChI=1S/C18H34O4/c1-2-3-4-5-6-7-8-9-10-13-16-22-18(21)15-12-11-14-17(19)20/h2-16H2,1H3,(H,19,20)/p-1. The van der Waals surface area contributed by atoms with Crippen LogP contribution >= 0.6 is 0 Å². The number of unbranched alkanes of at least 4 members (excludes halogenated alkanes) is 10. The van der Waals surface area contributed by atoms with E-state index in [1.165, 1.54) is 51.4 Å². The molecule has 0 amide bonds. The van der Waals surface area contributed by atoms with Gasteiger partial charge in [-0.25, -0.2) is 0 Å². The van der Waals surface area contributed by atoms with Crippen molar-refractivity contribution in [3.8, 4) is 0 Å². The minimum atomic E-state index is -1.06. The maximum absolute atomic E-state index is 11.4. The molecule has 0 aromatic heterocycles. The quantitative estimate of drug-likeness (QED) is 0.321. The molecule has 0 aliphatic heterocycles. The fraction of sp³-hybridized carbons (Fsp3) is 0.889. The van der Waals surface area contributed by atoms with Crippen LogP contribution in [0.1, 0.15) is 96.8 Å². The van der Waals surface area contributed by atoms with Gasteiger partial charge in [0.25, 0.3) is 0 Å². The molecule has 0 atom stereocenters. The SMILES string of the molecule is CCCCCCCCCCCCOC(=O)CCCCC(=O)[O-]. The Morgan fingerprint density at radius 1 is 0.727 bits per heavy atom. The molecule has 0 heterocycles. The molecule has 0 aromatic rings. The molecule has 0 rings (SSSR count). The number of carbonyl (C=O) groups is 2. The van der Waals surface area contributed by atoms with Crippen LogP contribution in [0, 0.1) is 0 Å². The molecule has 0 fully saturated rings. The first-order chi connectivity index (χ1) is 10.7. The lowest BCUT2D eigenvalue weighted by Crippen LogP contribution is -2.21. The maximum atomic E-state index is 11.4. The maximum Gasteiger partial charge on any atom is 0.305 e. The molecule has 4 nitrogen and oxygen atoms in total. The monoisotopic (exact) mass is 313 g/mol. The first kappa shape index (κ1) is 20.9. The van der Waals surface area contributed by atoms with Crippen LogP contribution in [0.5, 0.6) is 0 Å². The van der Waals surface area contributed by atoms with Gasteiger partial charge < -0.3 is 14.6 Å². The topological polar surface area (TPSA) is 66.4 Å². The first-order valence-electron chi connectivity index (χ1n) is 9.02. The lowest BCUT2D eigenvalue weighted by atomic mass is 10.1. The summed E-state index contributed by atoms with van der Waals surface area (Å²) in [5, 5.41) is 10.2. The Hall–Kier alpha value is -1.06. The molecule has 4 heteroatoms. The summed E-state index contributed by atoms with van der Waals surface area (Å²) in [6.45, 7) is 2.73. The summed E-state index contributed by atoms with van der Waals surface area (Å²) in [4.78, 5) is 21.6. The van der Waals surface area contributed by atoms with Crippen molar-refractivity contribution in [3.63, 3.8) is 0 Å². The van der Waals surface area contributed by atoms with E-state index in [0.717, 1.165) is 12.8 Å². The number of carboxylic acids is 1. The van der Waals surface area contributed by atoms with E-state index in [2.05, 4.69) is 6.92 Å². The predicted octanol–water partition coefficient (Wildman–Crippen LogP) is 3.76. The Morgan fingerprint density at radius 3 is 1.77 bits per heavy atom. The van der Waals surface area contributed by atoms with E-state index in [1.807, 2.05) is 0 Å². The molecule has 22 heavy (non-hydrogen) atoms. The molecule has 0 bridgehead atoms. The lowest BCUT2D eigenvalue weighted by Gasteiger charge is -2.05. The van der Waals surface area contributed by atoms with Gasteiger partial charge in [0.2, 0.25) is 0 Å². The van der Waals surface area contributed by atoms with Crippen LogP contribution < -0.4 is 5.11 Å². The number of esters is 1. The zero-order chi connectivity index (χ0) is 16.5. The summed E-state index contributed by atoms with van der Waals surface area (Å²) in [5.74, 6) is -1.27. The van der Waals surface area contributed by atoms with Gasteiger partial charge in [-0.15, -0.1) is 0 Å². The third kappa shape index (κ3) is 17.0. The van der Waals surface area contributed by atoms with Crippen molar-refractivity contribution >= 4 is 11.9 Å². The van der Waals surface area contributed by atoms with Crippen LogP contribution in [-0.2, 0) is 14.3 Å². The zero-order valence-corrected chi connectivity index (χ0v) is 14.2. The Kier molecular flexibility index (Phi) is 15.5. The zero-order valence-electron chi connectivity index (χ0n) is 14.2. The fourth-order valence-electron chi connectivity index (χ4n) is 2.39. The number of rotatable bonds is 16. The van der Waals surface area contributed by atoms with Gasteiger partial charge in [0.1, 0.15) is 0 Å². The van der Waals surface area contributed by atoms with E-state index in [-0.39, 0.29) is 12.4 Å². The Morgan fingerprint density at radius 2 is 1.23 bits per heavy atom. The number of hydrogen-bond acceptors (Lipinski definition) is 4. The van der Waals surface area contributed by atoms with E-state index in [0.29, 0.717) is 25.9 Å². The average molecular weight is 313 g/mol. The van der Waals surface area contributed by atoms with Crippen LogP contribution in [0.15, 0.2) is 0 Å². The third-order valence-corrected chi connectivity index (χ3v) is 3.77. The summed E-state index contributed by atoms with van der Waals surface area (Å²) >= 11 is 0. The second kappa shape index (κ2) is 16.3. The van der Waals surface area contributed by atoms with Crippen molar-refractivity contribution < 1.29 is 19.4 Å². The summed E-state index contributed by atoms with van der Waals surface area (Å²) in [7, 11) is 0. The van der Waals surface area contributed by atoms with Gasteiger partial charge in [0, 0.05) is 12.4 Å². The molecule has 0 N–H and O–H groups in total. The highest BCUT2D eigenvalue weighted by Gasteiger charge is 2.02. The average Bonchev–Trinajstić information content (AvgIpc) is 2.49. The molecule has 0 saturated heterocycles. The molecule has 0 saturated carbocycles. The Bertz CT molecular complexity index is 276. The number of hydrogen-bond donors (Lipinski definition) is 0. The molecule has 0 aromatic carbocycles. The van der Waals surface area contributed by atoms with Crippen LogP contribution in [0.25, 0.3) is 0 Å². The highest BCUT2D eigenvalue weighted by atomic mass is 16.5. The van der Waals surface area contributed by atoms with Crippen LogP contribution in [0.4, 0.5) is 0 Å². The fourth-order valence-corrected chi connectivity index (χ4v) is 2.39. The predicted molar refractivity (Wildman–Crippen MR) is 86.3 cm³/mol. The molecule has 0 radical (unpaired) electrons. The molecular weight excluding hydrogens is 280 g/mol. The Labute approximate surface area is 135 Å². The molecule has 0 spiro atoms. The Balaban J connectivity index is 3.15. The normalized spacial score (nSPS) is 10.6. The molecule has 0 aliphatic carbocycles. The van der Waals surface area contributed by atoms with Gasteiger partial charge in [-0.05, 0) is 25.7 Å². The molecular formula is C18H33O4-. The third-order valence-electron chi connectivity index (χ3n) is 3.77. The number of ether oxygens (including phenoxy) is 1. The van der Waals surface area contributed by atoms with Gasteiger partial charge >= 0.3 is 5.97 Å². The molecule has 0 unspecified atom stereocenters. The highest BCUT2D eigenvalue weighted by Crippen LogP contribution is 2.10. The minimum Gasteiger partial charge on any atom is -0.550 e. The molecule has 0 aliphatic rings. The summed E-state index contributed by atoms with van der Waals surface area (Å²) < 4.78 is 5.12. The second-order valence-corrected chi connectivity index (χ2v) is 5.98. The summed E-state index contributed by atoms with van der Waals surface area (Å²) in [6, 6.07) is 0. The van der Waals surface area contributed by atoms with E-state index < -0.39 is 5.97 Å². The van der Waals surface area contributed by atoms with E-state index in [4.69, 9.17) is 4.74 Å². The van der Waals surface area contributed by atoms with Gasteiger partial charge in [-0.1, -0.05) is 64.7 Å². The van der Waals surface area contributed by atoms with Gasteiger partial charge in [-0.3, -0.25) is 4.79 Å². The van der Waals surface area contributed by atoms with Crippen molar-refractivity contribution in [2.24, 2.45) is 0 Å². The summed E-state index contributed by atoms with van der Waals surface area (Å²) in [5.41, 5.74) is 0. The summed E-state index contributed by atoms with van der Waals surface area (Å²) in [6.07, 6.45) is 14.0. The molecule has 130 valence electrons. The van der Waals surface area contributed by atoms with Gasteiger partial charge in [0.05, 0.1) is 6.61 Å². The lowest BCUT2D eigenvalue weighted by molar-refractivity contribution is -0.305. The smallest absolute Gasteiger partial charge is 0.305 e. The van der Waals surface area contributed by atoms with Gasteiger partial charge in [0.15, 0.2) is 0 Å². The van der Waals surface area contributed by atoms with Crippen molar-refractivity contribution in [2.75, 3.05) is 6.61 Å². The number of carboxylic acid groups (broad SMARTS) is 1. The van der Waals surface area contributed by atoms with E-state index >= 15 is 0 Å². The first-order valence-corrected chi connectivity index (χ1v) is 9.02. The van der Waals surface area contributed by atoms with E-state index in [9.17, 15) is 14.7 Å². The van der Waals surface area contributed by atoms with Gasteiger partial charge in [-0.2, -0.15) is 0 Å². The number of carbonyl (C=O) groups excluding carboxylic acids is 2. The van der Waals surface area contributed by atoms with Crippen molar-refractivity contribution in [3.05, 3.63) is 0 Å². The van der Waals surface area contributed by atoms with Crippen molar-refractivity contribution in [1.29, 1.82) is 0 Å². The van der Waals surface area contributed by atoms with Crippen molar-refractivity contribution in [2.45, 2.75) is 96.8 Å². The van der Waals surface area contributed by atoms with Crippen LogP contribution in [0.3, 0.4) is 0 Å². The van der Waals surface area contributed by atoms with E-state index in [1.54, 1.807) is 0 Å². The highest BCUT2D eigenvalue weighted by molar-refractivity contribution is 5.69. The van der Waals surface area contributed by atoms with Crippen molar-refractivity contribution in [1.82, 2.24) is 0 Å². The second-order valence-electron chi connectivity index (χ2n) is 5.98. The minimum absolute atomic E-state index is 0.0196. The number of aliphatic carboxylic acids is 1. The van der Waals surface area contributed by atoms with Crippen LogP contribution in [-0.4, -0.2) is 18.5 Å².